The number of nitrogens with zero attached hydrogens (tertiary/aromatic N) is 2. The highest BCUT2D eigenvalue weighted by Crippen LogP contribution is 2.25. The number of benzene rings is 1. The molecule has 0 N–H and O–H groups in total. The molecule has 3 nitrogen and oxygen atoms in total. The van der Waals surface area contributed by atoms with Gasteiger partial charge in [0.15, 0.2) is 6.29 Å². The van der Waals surface area contributed by atoms with Crippen molar-refractivity contribution in [2.24, 2.45) is 5.92 Å². The molecule has 0 radical (unpaired) electrons. The van der Waals surface area contributed by atoms with Gasteiger partial charge < -0.3 is 0 Å². The van der Waals surface area contributed by atoms with Crippen LogP contribution in [0.1, 0.15) is 41.8 Å². The summed E-state index contributed by atoms with van der Waals surface area (Å²) in [4.78, 5) is 11.3. The molecule has 0 aliphatic carbocycles. The molecule has 0 fully saturated rings. The van der Waals surface area contributed by atoms with Crippen LogP contribution in [0.2, 0.25) is 0 Å². The van der Waals surface area contributed by atoms with Crippen molar-refractivity contribution in [1.29, 1.82) is 0 Å². The van der Waals surface area contributed by atoms with Gasteiger partial charge >= 0.3 is 0 Å². The lowest BCUT2D eigenvalue weighted by Gasteiger charge is -2.06. The fourth-order valence-electron chi connectivity index (χ4n) is 2.34. The third-order valence-electron chi connectivity index (χ3n) is 3.56. The van der Waals surface area contributed by atoms with Gasteiger partial charge in [-0.15, -0.1) is 0 Å². The minimum absolute atomic E-state index is 0.203. The zero-order valence-corrected chi connectivity index (χ0v) is 13.0. The third-order valence-corrected chi connectivity index (χ3v) is 3.56. The van der Waals surface area contributed by atoms with Crippen LogP contribution in [0.25, 0.3) is 11.3 Å². The first kappa shape index (κ1) is 15.4. The van der Waals surface area contributed by atoms with Crippen molar-refractivity contribution in [2.75, 3.05) is 0 Å². The van der Waals surface area contributed by atoms with E-state index in [0.717, 1.165) is 24.8 Å². The molecular weight excluding hydrogens is 267 g/mol. The largest absolute Gasteiger partial charge is 0.298 e. The van der Waals surface area contributed by atoms with Crippen molar-refractivity contribution < 1.29 is 9.18 Å². The number of carbonyl (C=O) groups excluding carboxylic acids is 1. The number of halogens is 1. The molecule has 1 heterocycles. The van der Waals surface area contributed by atoms with Crippen molar-refractivity contribution in [2.45, 2.75) is 40.7 Å². The molecule has 0 aliphatic rings. The number of aromatic nitrogens is 2. The molecular formula is C17H21FN2O. The van der Waals surface area contributed by atoms with Gasteiger partial charge in [-0.1, -0.05) is 13.8 Å². The summed E-state index contributed by atoms with van der Waals surface area (Å²) in [6.07, 6.45) is 3.57. The van der Waals surface area contributed by atoms with Gasteiger partial charge in [0.2, 0.25) is 0 Å². The quantitative estimate of drug-likeness (QED) is 0.774. The van der Waals surface area contributed by atoms with E-state index in [1.807, 2.05) is 0 Å². The van der Waals surface area contributed by atoms with E-state index in [0.29, 0.717) is 28.3 Å². The Labute approximate surface area is 124 Å². The number of aryl methyl sites for hydroxylation is 3. The van der Waals surface area contributed by atoms with Gasteiger partial charge in [0.1, 0.15) is 11.5 Å². The van der Waals surface area contributed by atoms with E-state index in [2.05, 4.69) is 18.9 Å². The van der Waals surface area contributed by atoms with E-state index >= 15 is 0 Å². The Morgan fingerprint density at radius 1 is 1.29 bits per heavy atom. The molecule has 21 heavy (non-hydrogen) atoms. The fraction of sp³-hybridized carbons (Fsp3) is 0.412. The summed E-state index contributed by atoms with van der Waals surface area (Å²) >= 11 is 0. The maximum Gasteiger partial charge on any atom is 0.153 e. The molecule has 0 aliphatic heterocycles. The minimum Gasteiger partial charge on any atom is -0.298 e. The van der Waals surface area contributed by atoms with Crippen LogP contribution in [0.5, 0.6) is 0 Å². The van der Waals surface area contributed by atoms with Crippen molar-refractivity contribution in [3.8, 4) is 11.3 Å². The van der Waals surface area contributed by atoms with Gasteiger partial charge in [0.25, 0.3) is 0 Å². The van der Waals surface area contributed by atoms with Crippen LogP contribution in [0.15, 0.2) is 18.3 Å². The van der Waals surface area contributed by atoms with Crippen LogP contribution in [-0.4, -0.2) is 16.1 Å². The van der Waals surface area contributed by atoms with Gasteiger partial charge in [-0.05, 0) is 49.4 Å². The Morgan fingerprint density at radius 3 is 2.43 bits per heavy atom. The van der Waals surface area contributed by atoms with Crippen LogP contribution in [-0.2, 0) is 6.54 Å². The number of hydrogen-bond donors (Lipinski definition) is 0. The second kappa shape index (κ2) is 6.20. The predicted molar refractivity (Wildman–Crippen MR) is 81.9 cm³/mol. The summed E-state index contributed by atoms with van der Waals surface area (Å²) in [6, 6.07) is 3.48. The normalized spacial score (nSPS) is 11.1. The fourth-order valence-corrected chi connectivity index (χ4v) is 2.34. The van der Waals surface area contributed by atoms with Crippen molar-refractivity contribution >= 4 is 6.29 Å². The first-order valence-electron chi connectivity index (χ1n) is 7.22. The number of carbonyl (C=O) groups is 1. The van der Waals surface area contributed by atoms with Gasteiger partial charge in [-0.3, -0.25) is 9.48 Å². The zero-order valence-electron chi connectivity index (χ0n) is 13.0. The summed E-state index contributed by atoms with van der Waals surface area (Å²) in [7, 11) is 0. The molecule has 0 amide bonds. The lowest BCUT2D eigenvalue weighted by atomic mass is 10.0. The van der Waals surface area contributed by atoms with Crippen molar-refractivity contribution in [1.82, 2.24) is 9.78 Å². The summed E-state index contributed by atoms with van der Waals surface area (Å²) < 4.78 is 15.5. The minimum atomic E-state index is -0.203. The molecule has 2 rings (SSSR count). The predicted octanol–water partition coefficient (Wildman–Crippen LogP) is 4.16. The topological polar surface area (TPSA) is 34.9 Å². The summed E-state index contributed by atoms with van der Waals surface area (Å²) in [5.41, 5.74) is 3.10. The Hall–Kier alpha value is -1.97. The first-order valence-corrected chi connectivity index (χ1v) is 7.22. The molecule has 0 spiro atoms. The molecule has 0 bridgehead atoms. The monoisotopic (exact) mass is 288 g/mol. The first-order chi connectivity index (χ1) is 9.92. The van der Waals surface area contributed by atoms with E-state index in [4.69, 9.17) is 0 Å². The highest BCUT2D eigenvalue weighted by Gasteiger charge is 2.13. The van der Waals surface area contributed by atoms with Gasteiger partial charge in [-0.25, -0.2) is 4.39 Å². The Morgan fingerprint density at radius 2 is 1.90 bits per heavy atom. The Balaban J connectivity index is 2.41. The van der Waals surface area contributed by atoms with E-state index < -0.39 is 0 Å². The van der Waals surface area contributed by atoms with Crippen LogP contribution < -0.4 is 0 Å². The van der Waals surface area contributed by atoms with E-state index in [1.165, 1.54) is 0 Å². The average molecular weight is 288 g/mol. The maximum absolute atomic E-state index is 13.7. The number of rotatable bonds is 5. The van der Waals surface area contributed by atoms with Gasteiger partial charge in [0.05, 0.1) is 5.56 Å². The van der Waals surface area contributed by atoms with E-state index in [9.17, 15) is 9.18 Å². The molecule has 1 aromatic heterocycles. The second-order valence-corrected chi connectivity index (χ2v) is 5.92. The summed E-state index contributed by atoms with van der Waals surface area (Å²) in [5, 5.41) is 4.50. The zero-order chi connectivity index (χ0) is 15.6. The highest BCUT2D eigenvalue weighted by molar-refractivity contribution is 5.85. The molecule has 1 aromatic carbocycles. The molecule has 4 heteroatoms. The van der Waals surface area contributed by atoms with Crippen LogP contribution in [0, 0.1) is 25.6 Å². The Kier molecular flexibility index (Phi) is 4.56. The molecule has 0 atom stereocenters. The highest BCUT2D eigenvalue weighted by atomic mass is 19.1. The third kappa shape index (κ3) is 3.38. The van der Waals surface area contributed by atoms with Crippen LogP contribution in [0.3, 0.4) is 0 Å². The van der Waals surface area contributed by atoms with Crippen molar-refractivity contribution in [3.63, 3.8) is 0 Å². The van der Waals surface area contributed by atoms with E-state index in [-0.39, 0.29) is 5.82 Å². The van der Waals surface area contributed by atoms with Gasteiger partial charge in [0, 0.05) is 18.3 Å². The molecule has 0 unspecified atom stereocenters. The van der Waals surface area contributed by atoms with Crippen LogP contribution >= 0.6 is 0 Å². The molecule has 0 saturated heterocycles. The smallest absolute Gasteiger partial charge is 0.153 e. The standard InChI is InChI=1S/C17H21FN2O/c1-11(2)5-6-20-9-15(10-21)17(19-20)14-7-12(3)16(18)13(4)8-14/h7-11H,5-6H2,1-4H3. The van der Waals surface area contributed by atoms with Crippen molar-refractivity contribution in [3.05, 3.63) is 40.8 Å². The molecule has 2 aromatic rings. The molecule has 112 valence electrons. The lowest BCUT2D eigenvalue weighted by molar-refractivity contribution is 0.112. The van der Waals surface area contributed by atoms with Gasteiger partial charge in [-0.2, -0.15) is 5.10 Å². The number of aldehydes is 1. The maximum atomic E-state index is 13.7. The summed E-state index contributed by atoms with van der Waals surface area (Å²) in [6.45, 7) is 8.53. The molecule has 0 saturated carbocycles. The second-order valence-electron chi connectivity index (χ2n) is 5.92. The average Bonchev–Trinajstić information content (AvgIpc) is 2.85. The summed E-state index contributed by atoms with van der Waals surface area (Å²) in [5.74, 6) is 0.373. The lowest BCUT2D eigenvalue weighted by Crippen LogP contribution is -2.02. The van der Waals surface area contributed by atoms with E-state index in [1.54, 1.807) is 36.9 Å². The Bertz CT molecular complexity index is 636. The number of hydrogen-bond acceptors (Lipinski definition) is 2. The SMILES string of the molecule is Cc1cc(-c2nn(CCC(C)C)cc2C=O)cc(C)c1F. The van der Waals surface area contributed by atoms with Crippen LogP contribution in [0.4, 0.5) is 4.39 Å².